The Bertz CT molecular complexity index is 362. The molecule has 14 heavy (non-hydrogen) atoms. The van der Waals surface area contributed by atoms with Gasteiger partial charge in [-0.3, -0.25) is 4.79 Å². The Morgan fingerprint density at radius 3 is 2.86 bits per heavy atom. The van der Waals surface area contributed by atoms with Gasteiger partial charge in [-0.05, 0) is 24.6 Å². The Hall–Kier alpha value is -0.960. The minimum Gasteiger partial charge on any atom is -0.314 e. The number of benzene rings is 1. The lowest BCUT2D eigenvalue weighted by molar-refractivity contribution is -0.116. The Balaban J connectivity index is 0.000000980. The molecule has 0 bridgehead atoms. The van der Waals surface area contributed by atoms with Gasteiger partial charge in [0, 0.05) is 11.9 Å². The van der Waals surface area contributed by atoms with E-state index in [4.69, 9.17) is 0 Å². The van der Waals surface area contributed by atoms with Gasteiger partial charge in [-0.2, -0.15) is 0 Å². The number of nitrogens with zero attached hydrogens (tertiary/aromatic N) is 1. The number of aryl methyl sites for hydroxylation is 1. The molecule has 0 radical (unpaired) electrons. The van der Waals surface area contributed by atoms with Gasteiger partial charge in [0.1, 0.15) is 0 Å². The maximum absolute atomic E-state index is 11.4. The summed E-state index contributed by atoms with van der Waals surface area (Å²) in [6.07, 6.45) is 0. The molecule has 0 atom stereocenters. The number of carbonyl (C=O) groups excluding carboxylic acids is 1. The number of fused-ring (bicyclic) bond motifs is 1. The third kappa shape index (κ3) is 1.77. The highest BCUT2D eigenvalue weighted by Gasteiger charge is 2.20. The van der Waals surface area contributed by atoms with Crippen molar-refractivity contribution >= 4 is 23.4 Å². The van der Waals surface area contributed by atoms with E-state index in [1.165, 1.54) is 10.5 Å². The lowest BCUT2D eigenvalue weighted by Gasteiger charge is -2.25. The summed E-state index contributed by atoms with van der Waals surface area (Å²) in [6, 6.07) is 6.22. The van der Waals surface area contributed by atoms with Crippen LogP contribution in [0.3, 0.4) is 0 Å². The maximum atomic E-state index is 11.4. The molecule has 1 aliphatic heterocycles. The zero-order valence-electron chi connectivity index (χ0n) is 7.70. The monoisotopic (exact) mass is 209 g/mol. The van der Waals surface area contributed by atoms with E-state index < -0.39 is 0 Å². The molecule has 1 aromatic rings. The normalized spacial score (nSPS) is 14.7. The van der Waals surface area contributed by atoms with Gasteiger partial charge < -0.3 is 4.90 Å². The maximum Gasteiger partial charge on any atom is 0.237 e. The van der Waals surface area contributed by atoms with Crippen LogP contribution in [0.5, 0.6) is 0 Å². The molecule has 0 fully saturated rings. The average molecular weight is 209 g/mol. The van der Waals surface area contributed by atoms with Gasteiger partial charge in [0.2, 0.25) is 5.91 Å². The number of hydrogen-bond donors (Lipinski definition) is 0. The first kappa shape index (κ1) is 11.1. The summed E-state index contributed by atoms with van der Waals surface area (Å²) in [5, 5.41) is 0. The van der Waals surface area contributed by atoms with E-state index in [-0.39, 0.29) is 13.3 Å². The van der Waals surface area contributed by atoms with Crippen LogP contribution in [0.4, 0.5) is 5.69 Å². The highest BCUT2D eigenvalue weighted by atomic mass is 32.2. The van der Waals surface area contributed by atoms with Crippen molar-refractivity contribution in [1.82, 2.24) is 0 Å². The zero-order valence-corrected chi connectivity index (χ0v) is 8.52. The smallest absolute Gasteiger partial charge is 0.237 e. The van der Waals surface area contributed by atoms with Gasteiger partial charge in [0.05, 0.1) is 11.4 Å². The van der Waals surface area contributed by atoms with Crippen LogP contribution in [0.1, 0.15) is 13.0 Å². The van der Waals surface area contributed by atoms with Gasteiger partial charge in [0.25, 0.3) is 0 Å². The highest BCUT2D eigenvalue weighted by Crippen LogP contribution is 2.34. The SMILES string of the molecule is C.Cc1ccc2c(c1)N(C)C(=O)CS2. The number of rotatable bonds is 0. The lowest BCUT2D eigenvalue weighted by Crippen LogP contribution is -2.31. The van der Waals surface area contributed by atoms with Crippen LogP contribution in [-0.2, 0) is 4.79 Å². The third-order valence-electron chi connectivity index (χ3n) is 2.20. The largest absolute Gasteiger partial charge is 0.314 e. The topological polar surface area (TPSA) is 20.3 Å². The molecule has 1 heterocycles. The van der Waals surface area contributed by atoms with E-state index in [1.54, 1.807) is 16.7 Å². The van der Waals surface area contributed by atoms with Crippen molar-refractivity contribution in [2.75, 3.05) is 17.7 Å². The van der Waals surface area contributed by atoms with Crippen molar-refractivity contribution in [3.05, 3.63) is 23.8 Å². The van der Waals surface area contributed by atoms with Crippen LogP contribution >= 0.6 is 11.8 Å². The van der Waals surface area contributed by atoms with Gasteiger partial charge in [-0.25, -0.2) is 0 Å². The Kier molecular flexibility index (Phi) is 3.21. The molecule has 1 aromatic carbocycles. The van der Waals surface area contributed by atoms with Crippen LogP contribution in [-0.4, -0.2) is 18.7 Å². The van der Waals surface area contributed by atoms with E-state index in [1.807, 2.05) is 14.0 Å². The van der Waals surface area contributed by atoms with Crippen molar-refractivity contribution in [1.29, 1.82) is 0 Å². The number of anilines is 1. The molecule has 3 heteroatoms. The summed E-state index contributed by atoms with van der Waals surface area (Å²) in [6.45, 7) is 2.04. The van der Waals surface area contributed by atoms with Crippen LogP contribution in [0.2, 0.25) is 0 Å². The summed E-state index contributed by atoms with van der Waals surface area (Å²) in [4.78, 5) is 14.3. The molecular weight excluding hydrogens is 194 g/mol. The fourth-order valence-corrected chi connectivity index (χ4v) is 2.36. The fraction of sp³-hybridized carbons (Fsp3) is 0.364. The molecule has 0 saturated carbocycles. The zero-order chi connectivity index (χ0) is 9.42. The number of thioether (sulfide) groups is 1. The standard InChI is InChI=1S/C10H11NOS.CH4/c1-7-3-4-9-8(5-7)11(2)10(12)6-13-9;/h3-5H,6H2,1-2H3;1H4. The summed E-state index contributed by atoms with van der Waals surface area (Å²) in [5.41, 5.74) is 2.24. The number of carbonyl (C=O) groups is 1. The van der Waals surface area contributed by atoms with Gasteiger partial charge in [-0.1, -0.05) is 13.5 Å². The van der Waals surface area contributed by atoms with Crippen molar-refractivity contribution in [3.8, 4) is 0 Å². The molecule has 2 rings (SSSR count). The Morgan fingerprint density at radius 1 is 1.43 bits per heavy atom. The summed E-state index contributed by atoms with van der Waals surface area (Å²) < 4.78 is 0. The molecule has 0 aliphatic carbocycles. The summed E-state index contributed by atoms with van der Waals surface area (Å²) in [5.74, 6) is 0.745. The molecule has 0 aromatic heterocycles. The molecule has 76 valence electrons. The first-order valence-corrected chi connectivity index (χ1v) is 5.17. The molecule has 0 saturated heterocycles. The van der Waals surface area contributed by atoms with E-state index >= 15 is 0 Å². The Labute approximate surface area is 89.3 Å². The van der Waals surface area contributed by atoms with Crippen molar-refractivity contribution < 1.29 is 4.79 Å². The van der Waals surface area contributed by atoms with Gasteiger partial charge >= 0.3 is 0 Å². The molecule has 1 amide bonds. The summed E-state index contributed by atoms with van der Waals surface area (Å²) in [7, 11) is 1.83. The van der Waals surface area contributed by atoms with E-state index in [2.05, 4.69) is 18.2 Å². The predicted octanol–water partition coefficient (Wildman–Crippen LogP) is 2.70. The molecule has 2 nitrogen and oxygen atoms in total. The van der Waals surface area contributed by atoms with Crippen LogP contribution in [0.15, 0.2) is 23.1 Å². The fourth-order valence-electron chi connectivity index (χ4n) is 1.38. The lowest BCUT2D eigenvalue weighted by atomic mass is 10.2. The predicted molar refractivity (Wildman–Crippen MR) is 62.0 cm³/mol. The van der Waals surface area contributed by atoms with E-state index in [0.29, 0.717) is 5.75 Å². The third-order valence-corrected chi connectivity index (χ3v) is 3.25. The second-order valence-electron chi connectivity index (χ2n) is 3.21. The van der Waals surface area contributed by atoms with Crippen LogP contribution < -0.4 is 4.90 Å². The average Bonchev–Trinajstić information content (AvgIpc) is 2.12. The second-order valence-corrected chi connectivity index (χ2v) is 4.23. The summed E-state index contributed by atoms with van der Waals surface area (Å²) >= 11 is 1.62. The van der Waals surface area contributed by atoms with E-state index in [9.17, 15) is 4.79 Å². The van der Waals surface area contributed by atoms with Crippen molar-refractivity contribution in [2.45, 2.75) is 19.2 Å². The second kappa shape index (κ2) is 4.05. The molecule has 0 unspecified atom stereocenters. The van der Waals surface area contributed by atoms with Gasteiger partial charge in [-0.15, -0.1) is 11.8 Å². The number of amides is 1. The van der Waals surface area contributed by atoms with Crippen LogP contribution in [0.25, 0.3) is 0 Å². The van der Waals surface area contributed by atoms with Crippen molar-refractivity contribution in [2.24, 2.45) is 0 Å². The molecular formula is C11H15NOS. The molecule has 0 spiro atoms. The first-order chi connectivity index (χ1) is 6.18. The van der Waals surface area contributed by atoms with Crippen LogP contribution in [0, 0.1) is 6.92 Å². The van der Waals surface area contributed by atoms with Gasteiger partial charge in [0.15, 0.2) is 0 Å². The van der Waals surface area contributed by atoms with Crippen molar-refractivity contribution in [3.63, 3.8) is 0 Å². The van der Waals surface area contributed by atoms with E-state index in [0.717, 1.165) is 5.69 Å². The first-order valence-electron chi connectivity index (χ1n) is 4.18. The highest BCUT2D eigenvalue weighted by molar-refractivity contribution is 8.00. The minimum atomic E-state index is 0. The minimum absolute atomic E-state index is 0. The Morgan fingerprint density at radius 2 is 2.14 bits per heavy atom. The molecule has 1 aliphatic rings. The quantitative estimate of drug-likeness (QED) is 0.655. The molecule has 0 N–H and O–H groups in total. The number of hydrogen-bond acceptors (Lipinski definition) is 2.